The van der Waals surface area contributed by atoms with E-state index in [1.54, 1.807) is 6.07 Å². The first-order valence-corrected chi connectivity index (χ1v) is 7.09. The average Bonchev–Trinajstić information content (AvgIpc) is 3.03. The van der Waals surface area contributed by atoms with Gasteiger partial charge in [0.25, 0.3) is 5.91 Å². The van der Waals surface area contributed by atoms with Crippen molar-refractivity contribution in [3.05, 3.63) is 41.7 Å². The third kappa shape index (κ3) is 2.30. The lowest BCUT2D eigenvalue weighted by atomic mass is 9.87. The number of primary amides is 1. The molecule has 20 heavy (non-hydrogen) atoms. The fourth-order valence-corrected chi connectivity index (χ4v) is 3.57. The number of rotatable bonds is 4. The van der Waals surface area contributed by atoms with E-state index in [0.29, 0.717) is 17.9 Å². The molecule has 0 heterocycles. The van der Waals surface area contributed by atoms with Crippen molar-refractivity contribution in [3.8, 4) is 0 Å². The molecule has 1 aromatic rings. The number of carbonyl (C=O) groups excluding carboxylic acids is 1. The molecule has 1 amide bonds. The third-order valence-corrected chi connectivity index (χ3v) is 4.60. The highest BCUT2D eigenvalue weighted by molar-refractivity contribution is 5.94. The Balaban J connectivity index is 1.73. The molecule has 0 saturated heterocycles. The standard InChI is InChI=1S/C16H19FN2O/c1-9(13-7-10-2-3-11(13)6-10)19-12-4-5-15(17)14(8-12)16(18)20/h2-5,8-11,13,19H,6-7H2,1H3,(H2,18,20). The number of carbonyl (C=O) groups is 1. The van der Waals surface area contributed by atoms with Gasteiger partial charge in [0.05, 0.1) is 5.56 Å². The van der Waals surface area contributed by atoms with Gasteiger partial charge >= 0.3 is 0 Å². The number of allylic oxidation sites excluding steroid dienone is 2. The van der Waals surface area contributed by atoms with E-state index >= 15 is 0 Å². The van der Waals surface area contributed by atoms with E-state index in [1.165, 1.54) is 25.0 Å². The van der Waals surface area contributed by atoms with Crippen LogP contribution in [0.25, 0.3) is 0 Å². The van der Waals surface area contributed by atoms with Crippen LogP contribution in [-0.2, 0) is 0 Å². The molecular weight excluding hydrogens is 255 g/mol. The lowest BCUT2D eigenvalue weighted by Gasteiger charge is -2.27. The van der Waals surface area contributed by atoms with Gasteiger partial charge in [0.1, 0.15) is 5.82 Å². The number of fused-ring (bicyclic) bond motifs is 2. The molecule has 2 aliphatic carbocycles. The summed E-state index contributed by atoms with van der Waals surface area (Å²) in [5.74, 6) is 0.675. The van der Waals surface area contributed by atoms with Gasteiger partial charge in [-0.15, -0.1) is 0 Å². The molecule has 1 saturated carbocycles. The number of benzene rings is 1. The van der Waals surface area contributed by atoms with Gasteiger partial charge in [0.15, 0.2) is 0 Å². The fourth-order valence-electron chi connectivity index (χ4n) is 3.57. The van der Waals surface area contributed by atoms with Gasteiger partial charge in [-0.05, 0) is 55.7 Å². The second kappa shape index (κ2) is 4.93. The van der Waals surface area contributed by atoms with E-state index in [1.807, 2.05) is 0 Å². The Labute approximate surface area is 118 Å². The fraction of sp³-hybridized carbons (Fsp3) is 0.438. The topological polar surface area (TPSA) is 55.1 Å². The minimum absolute atomic E-state index is 0.0601. The van der Waals surface area contributed by atoms with Crippen molar-refractivity contribution in [2.45, 2.75) is 25.8 Å². The monoisotopic (exact) mass is 274 g/mol. The minimum atomic E-state index is -0.735. The predicted molar refractivity (Wildman–Crippen MR) is 76.8 cm³/mol. The van der Waals surface area contributed by atoms with Crippen LogP contribution in [0.4, 0.5) is 10.1 Å². The molecule has 0 radical (unpaired) electrons. The van der Waals surface area contributed by atoms with Crippen LogP contribution in [0.3, 0.4) is 0 Å². The number of amides is 1. The van der Waals surface area contributed by atoms with Crippen molar-refractivity contribution >= 4 is 11.6 Å². The Morgan fingerprint density at radius 1 is 1.40 bits per heavy atom. The van der Waals surface area contributed by atoms with Crippen molar-refractivity contribution in [1.82, 2.24) is 0 Å². The predicted octanol–water partition coefficient (Wildman–Crippen LogP) is 2.94. The van der Waals surface area contributed by atoms with Crippen molar-refractivity contribution in [2.75, 3.05) is 5.32 Å². The highest BCUT2D eigenvalue weighted by Crippen LogP contribution is 2.45. The maximum atomic E-state index is 13.4. The molecule has 4 atom stereocenters. The summed E-state index contributed by atoms with van der Waals surface area (Å²) >= 11 is 0. The quantitative estimate of drug-likeness (QED) is 0.829. The van der Waals surface area contributed by atoms with Crippen LogP contribution in [0.5, 0.6) is 0 Å². The van der Waals surface area contributed by atoms with Crippen molar-refractivity contribution in [1.29, 1.82) is 0 Å². The van der Waals surface area contributed by atoms with Crippen LogP contribution in [-0.4, -0.2) is 11.9 Å². The summed E-state index contributed by atoms with van der Waals surface area (Å²) in [5.41, 5.74) is 5.86. The molecule has 2 bridgehead atoms. The van der Waals surface area contributed by atoms with Crippen LogP contribution in [0.2, 0.25) is 0 Å². The molecule has 1 aromatic carbocycles. The number of nitrogens with one attached hydrogen (secondary N) is 1. The Bertz CT molecular complexity index is 570. The zero-order chi connectivity index (χ0) is 14.3. The van der Waals surface area contributed by atoms with Crippen LogP contribution >= 0.6 is 0 Å². The first-order valence-electron chi connectivity index (χ1n) is 7.09. The molecule has 4 heteroatoms. The molecule has 0 aromatic heterocycles. The summed E-state index contributed by atoms with van der Waals surface area (Å²) in [6, 6.07) is 4.73. The summed E-state index contributed by atoms with van der Waals surface area (Å²) in [6.07, 6.45) is 7.10. The van der Waals surface area contributed by atoms with Crippen molar-refractivity contribution in [2.24, 2.45) is 23.5 Å². The van der Waals surface area contributed by atoms with Crippen LogP contribution < -0.4 is 11.1 Å². The number of anilines is 1. The minimum Gasteiger partial charge on any atom is -0.382 e. The molecule has 4 unspecified atom stereocenters. The first-order chi connectivity index (χ1) is 9.54. The van der Waals surface area contributed by atoms with E-state index in [0.717, 1.165) is 11.6 Å². The van der Waals surface area contributed by atoms with E-state index in [-0.39, 0.29) is 5.56 Å². The summed E-state index contributed by atoms with van der Waals surface area (Å²) in [5, 5.41) is 3.38. The zero-order valence-corrected chi connectivity index (χ0v) is 11.5. The molecule has 3 nitrogen and oxygen atoms in total. The number of halogens is 1. The highest BCUT2D eigenvalue weighted by Gasteiger charge is 2.38. The molecule has 1 fully saturated rings. The largest absolute Gasteiger partial charge is 0.382 e. The smallest absolute Gasteiger partial charge is 0.251 e. The normalized spacial score (nSPS) is 28.6. The van der Waals surface area contributed by atoms with Crippen LogP contribution in [0, 0.1) is 23.6 Å². The van der Waals surface area contributed by atoms with Gasteiger partial charge in [0, 0.05) is 11.7 Å². The van der Waals surface area contributed by atoms with E-state index in [4.69, 9.17) is 5.73 Å². The Kier molecular flexibility index (Phi) is 3.24. The number of hydrogen-bond donors (Lipinski definition) is 2. The molecule has 0 aliphatic heterocycles. The maximum Gasteiger partial charge on any atom is 0.251 e. The maximum absolute atomic E-state index is 13.4. The van der Waals surface area contributed by atoms with Crippen LogP contribution in [0.1, 0.15) is 30.1 Å². The number of nitrogens with two attached hydrogens (primary N) is 1. The summed E-state index contributed by atoms with van der Waals surface area (Å²) < 4.78 is 13.4. The van der Waals surface area contributed by atoms with Gasteiger partial charge in [-0.25, -0.2) is 4.39 Å². The summed E-state index contributed by atoms with van der Waals surface area (Å²) in [6.45, 7) is 2.15. The molecule has 106 valence electrons. The molecule has 0 spiro atoms. The van der Waals surface area contributed by atoms with Gasteiger partial charge in [0.2, 0.25) is 0 Å². The van der Waals surface area contributed by atoms with E-state index in [2.05, 4.69) is 24.4 Å². The Hall–Kier alpha value is -1.84. The summed E-state index contributed by atoms with van der Waals surface area (Å²) in [7, 11) is 0. The Morgan fingerprint density at radius 3 is 2.80 bits per heavy atom. The van der Waals surface area contributed by atoms with Crippen molar-refractivity contribution < 1.29 is 9.18 Å². The highest BCUT2D eigenvalue weighted by atomic mass is 19.1. The van der Waals surface area contributed by atoms with Crippen molar-refractivity contribution in [3.63, 3.8) is 0 Å². The molecule has 2 aliphatic rings. The van der Waals surface area contributed by atoms with Gasteiger partial charge < -0.3 is 11.1 Å². The first kappa shape index (κ1) is 13.2. The lowest BCUT2D eigenvalue weighted by Crippen LogP contribution is -2.29. The second-order valence-corrected chi connectivity index (χ2v) is 5.94. The van der Waals surface area contributed by atoms with Crippen LogP contribution in [0.15, 0.2) is 30.4 Å². The second-order valence-electron chi connectivity index (χ2n) is 5.94. The molecule has 3 N–H and O–H groups in total. The SMILES string of the molecule is CC(Nc1ccc(F)c(C(N)=O)c1)C1CC2C=CC1C2. The summed E-state index contributed by atoms with van der Waals surface area (Å²) in [4.78, 5) is 11.2. The molecule has 3 rings (SSSR count). The Morgan fingerprint density at radius 2 is 2.20 bits per heavy atom. The van der Waals surface area contributed by atoms with Gasteiger partial charge in [-0.3, -0.25) is 4.79 Å². The zero-order valence-electron chi connectivity index (χ0n) is 11.5. The average molecular weight is 274 g/mol. The van der Waals surface area contributed by atoms with E-state index in [9.17, 15) is 9.18 Å². The third-order valence-electron chi connectivity index (χ3n) is 4.60. The van der Waals surface area contributed by atoms with E-state index < -0.39 is 11.7 Å². The van der Waals surface area contributed by atoms with Gasteiger partial charge in [-0.1, -0.05) is 12.2 Å². The number of hydrogen-bond acceptors (Lipinski definition) is 2. The lowest BCUT2D eigenvalue weighted by molar-refractivity contribution is 0.0996. The molecular formula is C16H19FN2O. The van der Waals surface area contributed by atoms with Gasteiger partial charge in [-0.2, -0.15) is 0 Å².